The Bertz CT molecular complexity index is 418. The van der Waals surface area contributed by atoms with Crippen LogP contribution >= 0.6 is 0 Å². The van der Waals surface area contributed by atoms with Gasteiger partial charge in [0.2, 0.25) is 0 Å². The van der Waals surface area contributed by atoms with Crippen LogP contribution in [0.25, 0.3) is 0 Å². The molecule has 21 heavy (non-hydrogen) atoms. The summed E-state index contributed by atoms with van der Waals surface area (Å²) in [5, 5.41) is 7.35. The number of nitrogen functional groups attached to an aromatic ring is 1. The number of benzene rings is 1. The van der Waals surface area contributed by atoms with Gasteiger partial charge >= 0.3 is 0 Å². The second kappa shape index (κ2) is 9.37. The molecule has 0 aliphatic carbocycles. The van der Waals surface area contributed by atoms with Gasteiger partial charge in [-0.15, -0.1) is 0 Å². The molecule has 1 rings (SSSR count). The van der Waals surface area contributed by atoms with E-state index in [1.807, 2.05) is 12.1 Å². The van der Waals surface area contributed by atoms with Crippen LogP contribution in [-0.4, -0.2) is 50.7 Å². The van der Waals surface area contributed by atoms with Crippen molar-refractivity contribution in [3.8, 4) is 5.75 Å². The molecule has 118 valence electrons. The Morgan fingerprint density at radius 3 is 2.33 bits per heavy atom. The van der Waals surface area contributed by atoms with Crippen molar-refractivity contribution < 1.29 is 9.47 Å². The zero-order valence-corrected chi connectivity index (χ0v) is 13.3. The van der Waals surface area contributed by atoms with Gasteiger partial charge in [0.25, 0.3) is 0 Å². The van der Waals surface area contributed by atoms with E-state index in [1.165, 1.54) is 0 Å². The molecular formula is C16H27N3O2. The monoisotopic (exact) mass is 293 g/mol. The molecule has 0 atom stereocenters. The highest BCUT2D eigenvalue weighted by atomic mass is 16.5. The van der Waals surface area contributed by atoms with Crippen LogP contribution in [0.4, 0.5) is 0 Å². The molecule has 0 aliphatic rings. The average molecular weight is 293 g/mol. The number of amidine groups is 1. The van der Waals surface area contributed by atoms with Crippen molar-refractivity contribution in [2.45, 2.75) is 13.8 Å². The molecule has 5 heteroatoms. The first-order valence-electron chi connectivity index (χ1n) is 7.31. The van der Waals surface area contributed by atoms with Gasteiger partial charge < -0.3 is 15.2 Å². The van der Waals surface area contributed by atoms with Crippen LogP contribution in [0.3, 0.4) is 0 Å². The van der Waals surface area contributed by atoms with Gasteiger partial charge in [0.05, 0.1) is 6.61 Å². The number of nitrogens with one attached hydrogen (secondary N) is 1. The number of hydrogen-bond acceptors (Lipinski definition) is 4. The lowest BCUT2D eigenvalue weighted by atomic mass is 10.2. The Hall–Kier alpha value is -1.59. The van der Waals surface area contributed by atoms with Gasteiger partial charge in [-0.2, -0.15) is 0 Å². The van der Waals surface area contributed by atoms with Crippen LogP contribution in [0, 0.1) is 11.3 Å². The fourth-order valence-corrected chi connectivity index (χ4v) is 2.05. The summed E-state index contributed by atoms with van der Waals surface area (Å²) in [6, 6.07) is 7.29. The minimum Gasteiger partial charge on any atom is -0.492 e. The molecule has 0 spiro atoms. The SMILES string of the molecule is COCCN(CCOc1ccc(C(=N)N)cc1)CC(C)C. The van der Waals surface area contributed by atoms with Gasteiger partial charge in [-0.05, 0) is 30.2 Å². The zero-order valence-electron chi connectivity index (χ0n) is 13.3. The molecular weight excluding hydrogens is 266 g/mol. The predicted octanol–water partition coefficient (Wildman–Crippen LogP) is 1.95. The molecule has 1 aromatic rings. The van der Waals surface area contributed by atoms with Crippen molar-refractivity contribution >= 4 is 5.84 Å². The van der Waals surface area contributed by atoms with Crippen LogP contribution in [-0.2, 0) is 4.74 Å². The molecule has 5 nitrogen and oxygen atoms in total. The van der Waals surface area contributed by atoms with Crippen LogP contribution < -0.4 is 10.5 Å². The highest BCUT2D eigenvalue weighted by molar-refractivity contribution is 5.94. The quantitative estimate of drug-likeness (QED) is 0.511. The minimum absolute atomic E-state index is 0.0734. The Labute approximate surface area is 127 Å². The van der Waals surface area contributed by atoms with Gasteiger partial charge in [0, 0.05) is 32.3 Å². The van der Waals surface area contributed by atoms with Gasteiger partial charge in [-0.3, -0.25) is 10.3 Å². The third-order valence-corrected chi connectivity index (χ3v) is 3.08. The number of rotatable bonds is 10. The second-order valence-electron chi connectivity index (χ2n) is 5.47. The molecule has 0 aromatic heterocycles. The lowest BCUT2D eigenvalue weighted by Gasteiger charge is -2.23. The summed E-state index contributed by atoms with van der Waals surface area (Å²) < 4.78 is 10.9. The Morgan fingerprint density at radius 2 is 1.81 bits per heavy atom. The molecule has 0 unspecified atom stereocenters. The van der Waals surface area contributed by atoms with Gasteiger partial charge in [-0.1, -0.05) is 13.8 Å². The first-order valence-corrected chi connectivity index (χ1v) is 7.31. The van der Waals surface area contributed by atoms with Crippen molar-refractivity contribution in [2.75, 3.05) is 40.0 Å². The van der Waals surface area contributed by atoms with Crippen molar-refractivity contribution in [3.63, 3.8) is 0 Å². The van der Waals surface area contributed by atoms with Crippen molar-refractivity contribution in [3.05, 3.63) is 29.8 Å². The fraction of sp³-hybridized carbons (Fsp3) is 0.562. The van der Waals surface area contributed by atoms with Crippen molar-refractivity contribution in [2.24, 2.45) is 11.7 Å². The third-order valence-electron chi connectivity index (χ3n) is 3.08. The molecule has 0 heterocycles. The Kier molecular flexibility index (Phi) is 7.79. The lowest BCUT2D eigenvalue weighted by Crippen LogP contribution is -2.34. The highest BCUT2D eigenvalue weighted by Gasteiger charge is 2.07. The van der Waals surface area contributed by atoms with Crippen molar-refractivity contribution in [1.82, 2.24) is 4.90 Å². The van der Waals surface area contributed by atoms with E-state index in [-0.39, 0.29) is 5.84 Å². The maximum atomic E-state index is 7.35. The first-order chi connectivity index (χ1) is 10.0. The van der Waals surface area contributed by atoms with Gasteiger partial charge in [0.1, 0.15) is 18.2 Å². The molecule has 3 N–H and O–H groups in total. The van der Waals surface area contributed by atoms with E-state index in [1.54, 1.807) is 19.2 Å². The van der Waals surface area contributed by atoms with E-state index >= 15 is 0 Å². The molecule has 0 saturated heterocycles. The van der Waals surface area contributed by atoms with Crippen LogP contribution in [0.15, 0.2) is 24.3 Å². The second-order valence-corrected chi connectivity index (χ2v) is 5.47. The third kappa shape index (κ3) is 7.11. The van der Waals surface area contributed by atoms with E-state index < -0.39 is 0 Å². The fourth-order valence-electron chi connectivity index (χ4n) is 2.05. The summed E-state index contributed by atoms with van der Waals surface area (Å²) in [6.45, 7) is 8.62. The normalized spacial score (nSPS) is 11.1. The number of nitrogens with two attached hydrogens (primary N) is 1. The van der Waals surface area contributed by atoms with Crippen LogP contribution in [0.1, 0.15) is 19.4 Å². The van der Waals surface area contributed by atoms with Crippen LogP contribution in [0.2, 0.25) is 0 Å². The summed E-state index contributed by atoms with van der Waals surface area (Å²) >= 11 is 0. The number of methoxy groups -OCH3 is 1. The summed E-state index contributed by atoms with van der Waals surface area (Å²) in [5.41, 5.74) is 6.13. The zero-order chi connectivity index (χ0) is 15.7. The van der Waals surface area contributed by atoms with E-state index in [9.17, 15) is 0 Å². The molecule has 0 bridgehead atoms. The topological polar surface area (TPSA) is 71.6 Å². The Morgan fingerprint density at radius 1 is 1.19 bits per heavy atom. The molecule has 0 fully saturated rings. The maximum Gasteiger partial charge on any atom is 0.122 e. The van der Waals surface area contributed by atoms with E-state index in [0.29, 0.717) is 18.1 Å². The summed E-state index contributed by atoms with van der Waals surface area (Å²) in [4.78, 5) is 2.35. The van der Waals surface area contributed by atoms with Crippen LogP contribution in [0.5, 0.6) is 5.75 Å². The summed E-state index contributed by atoms with van der Waals surface area (Å²) in [5.74, 6) is 1.50. The molecule has 0 saturated carbocycles. The maximum absolute atomic E-state index is 7.35. The van der Waals surface area contributed by atoms with Gasteiger partial charge in [-0.25, -0.2) is 0 Å². The van der Waals surface area contributed by atoms with E-state index in [4.69, 9.17) is 20.6 Å². The smallest absolute Gasteiger partial charge is 0.122 e. The number of hydrogen-bond donors (Lipinski definition) is 2. The average Bonchev–Trinajstić information content (AvgIpc) is 2.44. The van der Waals surface area contributed by atoms with E-state index in [0.717, 1.165) is 32.0 Å². The van der Waals surface area contributed by atoms with E-state index in [2.05, 4.69) is 18.7 Å². The predicted molar refractivity (Wildman–Crippen MR) is 86.1 cm³/mol. The standard InChI is InChI=1S/C16H27N3O2/c1-13(2)12-19(8-10-20-3)9-11-21-15-6-4-14(5-7-15)16(17)18/h4-7,13H,8-12H2,1-3H3,(H3,17,18). The summed E-state index contributed by atoms with van der Waals surface area (Å²) in [6.07, 6.45) is 0. The molecule has 0 aliphatic heterocycles. The number of nitrogens with zero attached hydrogens (tertiary/aromatic N) is 1. The largest absolute Gasteiger partial charge is 0.492 e. The summed E-state index contributed by atoms with van der Waals surface area (Å²) in [7, 11) is 1.72. The van der Waals surface area contributed by atoms with Gasteiger partial charge in [0.15, 0.2) is 0 Å². The molecule has 0 amide bonds. The first kappa shape index (κ1) is 17.5. The minimum atomic E-state index is 0.0734. The highest BCUT2D eigenvalue weighted by Crippen LogP contribution is 2.12. The molecule has 0 radical (unpaired) electrons. The van der Waals surface area contributed by atoms with Crippen molar-refractivity contribution in [1.29, 1.82) is 5.41 Å². The Balaban J connectivity index is 2.39. The molecule has 1 aromatic carbocycles. The number of ether oxygens (including phenoxy) is 2. The lowest BCUT2D eigenvalue weighted by molar-refractivity contribution is 0.127.